The van der Waals surface area contributed by atoms with Crippen LogP contribution < -0.4 is 5.32 Å². The van der Waals surface area contributed by atoms with Gasteiger partial charge in [-0.25, -0.2) is 0 Å². The molecule has 0 aromatic carbocycles. The summed E-state index contributed by atoms with van der Waals surface area (Å²) in [4.78, 5) is 11.9. The van der Waals surface area contributed by atoms with Gasteiger partial charge in [-0.1, -0.05) is 13.8 Å². The van der Waals surface area contributed by atoms with Crippen molar-refractivity contribution in [2.75, 3.05) is 19.8 Å². The Labute approximate surface area is 110 Å². The lowest BCUT2D eigenvalue weighted by Gasteiger charge is -2.24. The SMILES string of the molecule is CC(C)C(CCO)NC(=O)CCC1CCOCC1. The largest absolute Gasteiger partial charge is 0.396 e. The highest BCUT2D eigenvalue weighted by Crippen LogP contribution is 2.20. The topological polar surface area (TPSA) is 58.6 Å². The predicted molar refractivity (Wildman–Crippen MR) is 71.2 cm³/mol. The molecule has 1 aliphatic rings. The summed E-state index contributed by atoms with van der Waals surface area (Å²) in [6.07, 6.45) is 4.36. The van der Waals surface area contributed by atoms with Gasteiger partial charge in [-0.3, -0.25) is 4.79 Å². The number of nitrogens with one attached hydrogen (secondary N) is 1. The van der Waals surface area contributed by atoms with Crippen molar-refractivity contribution in [3.63, 3.8) is 0 Å². The smallest absolute Gasteiger partial charge is 0.220 e. The monoisotopic (exact) mass is 257 g/mol. The van der Waals surface area contributed by atoms with Crippen molar-refractivity contribution < 1.29 is 14.6 Å². The van der Waals surface area contributed by atoms with Crippen LogP contribution in [0.4, 0.5) is 0 Å². The van der Waals surface area contributed by atoms with Crippen LogP contribution in [-0.4, -0.2) is 36.9 Å². The van der Waals surface area contributed by atoms with Crippen molar-refractivity contribution in [3.05, 3.63) is 0 Å². The van der Waals surface area contributed by atoms with Crippen LogP contribution in [0.25, 0.3) is 0 Å². The molecule has 4 heteroatoms. The molecule has 1 aliphatic heterocycles. The van der Waals surface area contributed by atoms with Crippen molar-refractivity contribution in [1.82, 2.24) is 5.32 Å². The van der Waals surface area contributed by atoms with Crippen LogP contribution in [0.3, 0.4) is 0 Å². The van der Waals surface area contributed by atoms with E-state index in [1.54, 1.807) is 0 Å². The molecular weight excluding hydrogens is 230 g/mol. The fourth-order valence-electron chi connectivity index (χ4n) is 2.36. The van der Waals surface area contributed by atoms with Gasteiger partial charge in [0.2, 0.25) is 5.91 Å². The highest BCUT2D eigenvalue weighted by atomic mass is 16.5. The predicted octanol–water partition coefficient (Wildman–Crippen LogP) is 1.72. The minimum atomic E-state index is 0.0946. The average molecular weight is 257 g/mol. The van der Waals surface area contributed by atoms with Crippen LogP contribution in [0.15, 0.2) is 0 Å². The molecule has 1 heterocycles. The number of ether oxygens (including phenoxy) is 1. The van der Waals surface area contributed by atoms with Crippen molar-refractivity contribution in [1.29, 1.82) is 0 Å². The number of aliphatic hydroxyl groups excluding tert-OH is 1. The third-order valence-corrected chi connectivity index (χ3v) is 3.71. The number of hydrogen-bond acceptors (Lipinski definition) is 3. The highest BCUT2D eigenvalue weighted by molar-refractivity contribution is 5.76. The maximum Gasteiger partial charge on any atom is 0.220 e. The molecule has 0 aromatic rings. The first-order valence-corrected chi connectivity index (χ1v) is 7.11. The molecule has 106 valence electrons. The van der Waals surface area contributed by atoms with E-state index < -0.39 is 0 Å². The molecule has 1 saturated heterocycles. The molecule has 0 aliphatic carbocycles. The van der Waals surface area contributed by atoms with Gasteiger partial charge in [-0.05, 0) is 37.5 Å². The maximum atomic E-state index is 11.9. The lowest BCUT2D eigenvalue weighted by atomic mass is 9.94. The van der Waals surface area contributed by atoms with Crippen LogP contribution in [0.1, 0.15) is 46.0 Å². The highest BCUT2D eigenvalue weighted by Gasteiger charge is 2.18. The van der Waals surface area contributed by atoms with Crippen LogP contribution in [0.2, 0.25) is 0 Å². The van der Waals surface area contributed by atoms with Gasteiger partial charge in [0, 0.05) is 32.3 Å². The lowest BCUT2D eigenvalue weighted by Crippen LogP contribution is -2.39. The molecule has 4 nitrogen and oxygen atoms in total. The van der Waals surface area contributed by atoms with Crippen molar-refractivity contribution in [2.24, 2.45) is 11.8 Å². The first-order valence-electron chi connectivity index (χ1n) is 7.11. The van der Waals surface area contributed by atoms with Gasteiger partial charge < -0.3 is 15.2 Å². The Bertz CT molecular complexity index is 237. The molecule has 1 fully saturated rings. The average Bonchev–Trinajstić information content (AvgIpc) is 2.37. The number of amides is 1. The van der Waals surface area contributed by atoms with Gasteiger partial charge in [0.15, 0.2) is 0 Å². The van der Waals surface area contributed by atoms with Crippen LogP contribution in [0.5, 0.6) is 0 Å². The molecular formula is C14H27NO3. The Morgan fingerprint density at radius 1 is 1.39 bits per heavy atom. The summed E-state index contributed by atoms with van der Waals surface area (Å²) in [5.74, 6) is 1.12. The Morgan fingerprint density at radius 3 is 2.61 bits per heavy atom. The number of aliphatic hydroxyl groups is 1. The zero-order chi connectivity index (χ0) is 13.4. The van der Waals surface area contributed by atoms with Gasteiger partial charge >= 0.3 is 0 Å². The normalized spacial score (nSPS) is 18.9. The van der Waals surface area contributed by atoms with Gasteiger partial charge in [0.1, 0.15) is 0 Å². The van der Waals surface area contributed by atoms with Crippen molar-refractivity contribution >= 4 is 5.91 Å². The van der Waals surface area contributed by atoms with Crippen LogP contribution >= 0.6 is 0 Å². The minimum absolute atomic E-state index is 0.0946. The van der Waals surface area contributed by atoms with E-state index in [9.17, 15) is 4.79 Å². The first kappa shape index (κ1) is 15.4. The lowest BCUT2D eigenvalue weighted by molar-refractivity contribution is -0.122. The number of hydrogen-bond donors (Lipinski definition) is 2. The molecule has 0 radical (unpaired) electrons. The first-order chi connectivity index (χ1) is 8.63. The number of carbonyl (C=O) groups is 1. The summed E-state index contributed by atoms with van der Waals surface area (Å²) in [6, 6.07) is 0.0946. The van der Waals surface area contributed by atoms with Crippen molar-refractivity contribution in [3.8, 4) is 0 Å². The van der Waals surface area contributed by atoms with Crippen LogP contribution in [-0.2, 0) is 9.53 Å². The van der Waals surface area contributed by atoms with Gasteiger partial charge in [0.05, 0.1) is 0 Å². The third-order valence-electron chi connectivity index (χ3n) is 3.71. The van der Waals surface area contributed by atoms with Crippen LogP contribution in [0, 0.1) is 11.8 Å². The van der Waals surface area contributed by atoms with E-state index >= 15 is 0 Å². The molecule has 1 rings (SSSR count). The maximum absolute atomic E-state index is 11.9. The van der Waals surface area contributed by atoms with E-state index in [4.69, 9.17) is 9.84 Å². The fourth-order valence-corrected chi connectivity index (χ4v) is 2.36. The van der Waals surface area contributed by atoms with Gasteiger partial charge in [-0.15, -0.1) is 0 Å². The van der Waals surface area contributed by atoms with Crippen molar-refractivity contribution in [2.45, 2.75) is 52.0 Å². The number of rotatable bonds is 7. The minimum Gasteiger partial charge on any atom is -0.396 e. The van der Waals surface area contributed by atoms with E-state index in [1.807, 2.05) is 0 Å². The van der Waals surface area contributed by atoms with E-state index in [-0.39, 0.29) is 18.6 Å². The molecule has 1 amide bonds. The zero-order valence-electron chi connectivity index (χ0n) is 11.7. The van der Waals surface area contributed by atoms with Gasteiger partial charge in [-0.2, -0.15) is 0 Å². The van der Waals surface area contributed by atoms with E-state index in [0.717, 1.165) is 32.5 Å². The second-order valence-corrected chi connectivity index (χ2v) is 5.52. The quantitative estimate of drug-likeness (QED) is 0.730. The summed E-state index contributed by atoms with van der Waals surface area (Å²) >= 11 is 0. The standard InChI is InChI=1S/C14H27NO3/c1-11(2)13(5-8-16)15-14(17)4-3-12-6-9-18-10-7-12/h11-13,16H,3-10H2,1-2H3,(H,15,17). The summed E-state index contributed by atoms with van der Waals surface area (Å²) in [7, 11) is 0. The summed E-state index contributed by atoms with van der Waals surface area (Å²) in [5, 5.41) is 12.0. The third kappa shape index (κ3) is 5.83. The second-order valence-electron chi connectivity index (χ2n) is 5.52. The molecule has 0 bridgehead atoms. The molecule has 1 atom stereocenters. The van der Waals surface area contributed by atoms with E-state index in [2.05, 4.69) is 19.2 Å². The Balaban J connectivity index is 2.22. The molecule has 0 aromatic heterocycles. The molecule has 0 spiro atoms. The number of carbonyl (C=O) groups excluding carboxylic acids is 1. The second kappa shape index (κ2) is 8.48. The van der Waals surface area contributed by atoms with E-state index in [1.165, 1.54) is 0 Å². The molecule has 1 unspecified atom stereocenters. The van der Waals surface area contributed by atoms with E-state index in [0.29, 0.717) is 24.7 Å². The zero-order valence-corrected chi connectivity index (χ0v) is 11.7. The van der Waals surface area contributed by atoms with Gasteiger partial charge in [0.25, 0.3) is 0 Å². The molecule has 0 saturated carbocycles. The summed E-state index contributed by atoms with van der Waals surface area (Å²) in [5.41, 5.74) is 0. The summed E-state index contributed by atoms with van der Waals surface area (Å²) < 4.78 is 5.31. The Hall–Kier alpha value is -0.610. The molecule has 2 N–H and O–H groups in total. The fraction of sp³-hybridized carbons (Fsp3) is 0.929. The Kier molecular flexibility index (Phi) is 7.28. The Morgan fingerprint density at radius 2 is 2.06 bits per heavy atom. The molecule has 18 heavy (non-hydrogen) atoms. The summed E-state index contributed by atoms with van der Waals surface area (Å²) in [6.45, 7) is 5.94.